The number of aromatic nitrogens is 1. The van der Waals surface area contributed by atoms with Gasteiger partial charge in [0.15, 0.2) is 0 Å². The monoisotopic (exact) mass is 363 g/mol. The van der Waals surface area contributed by atoms with Crippen LogP contribution in [0.2, 0.25) is 5.02 Å². The van der Waals surface area contributed by atoms with Crippen molar-refractivity contribution in [3.8, 4) is 0 Å². The predicted octanol–water partition coefficient (Wildman–Crippen LogP) is 3.38. The van der Waals surface area contributed by atoms with Crippen LogP contribution in [0.4, 0.5) is 0 Å². The zero-order valence-corrected chi connectivity index (χ0v) is 15.7. The summed E-state index contributed by atoms with van der Waals surface area (Å²) in [5, 5.41) is 2.35. The summed E-state index contributed by atoms with van der Waals surface area (Å²) in [6.07, 6.45) is 1.05. The smallest absolute Gasteiger partial charge is 0.219 e. The first-order valence-corrected chi connectivity index (χ1v) is 9.84. The Morgan fingerprint density at radius 1 is 1.33 bits per heavy atom. The summed E-state index contributed by atoms with van der Waals surface area (Å²) in [5.41, 5.74) is 4.08. The van der Waals surface area contributed by atoms with E-state index < -0.39 is 0 Å². The van der Waals surface area contributed by atoms with Crippen LogP contribution >= 0.6 is 23.4 Å². The Morgan fingerprint density at radius 2 is 2.17 bits per heavy atom. The van der Waals surface area contributed by atoms with E-state index in [1.807, 2.05) is 22.7 Å². The average Bonchev–Trinajstić information content (AvgIpc) is 2.88. The summed E-state index contributed by atoms with van der Waals surface area (Å²) in [6.45, 7) is 5.35. The molecule has 1 aromatic heterocycles. The van der Waals surface area contributed by atoms with Gasteiger partial charge in [0.1, 0.15) is 0 Å². The topological polar surface area (TPSA) is 28.5 Å². The molecule has 0 aliphatic carbocycles. The molecule has 1 unspecified atom stereocenters. The van der Waals surface area contributed by atoms with Crippen molar-refractivity contribution in [1.82, 2.24) is 14.4 Å². The minimum Gasteiger partial charge on any atom is -0.339 e. The molecule has 2 aliphatic heterocycles. The van der Waals surface area contributed by atoms with Gasteiger partial charge in [-0.1, -0.05) is 11.6 Å². The van der Waals surface area contributed by atoms with Crippen LogP contribution in [-0.2, 0) is 17.8 Å². The molecule has 1 fully saturated rings. The highest BCUT2D eigenvalue weighted by Gasteiger charge is 2.30. The number of thioether (sulfide) groups is 1. The molecule has 4 nitrogen and oxygen atoms in total. The van der Waals surface area contributed by atoms with E-state index in [0.29, 0.717) is 5.37 Å². The Bertz CT molecular complexity index is 803. The predicted molar refractivity (Wildman–Crippen MR) is 101 cm³/mol. The fourth-order valence-electron chi connectivity index (χ4n) is 3.90. The first-order valence-electron chi connectivity index (χ1n) is 8.41. The number of likely N-dealkylation sites (N-methyl/N-ethyl adjacent to an activating group) is 1. The largest absolute Gasteiger partial charge is 0.339 e. The third-order valence-electron chi connectivity index (χ3n) is 5.12. The lowest BCUT2D eigenvalue weighted by molar-refractivity contribution is -0.128. The van der Waals surface area contributed by atoms with Crippen molar-refractivity contribution in [2.75, 3.05) is 32.4 Å². The van der Waals surface area contributed by atoms with E-state index >= 15 is 0 Å². The number of hydrogen-bond acceptors (Lipinski definition) is 3. The van der Waals surface area contributed by atoms with Gasteiger partial charge in [-0.25, -0.2) is 0 Å². The Kier molecular flexibility index (Phi) is 4.27. The molecule has 2 aromatic rings. The molecule has 1 amide bonds. The molecule has 4 rings (SSSR count). The highest BCUT2D eigenvalue weighted by molar-refractivity contribution is 7.99. The number of carbonyl (C=O) groups excluding carboxylic acids is 1. The molecule has 0 bridgehead atoms. The van der Waals surface area contributed by atoms with E-state index in [4.69, 9.17) is 11.6 Å². The van der Waals surface area contributed by atoms with Crippen LogP contribution in [-0.4, -0.2) is 52.7 Å². The molecule has 2 aliphatic rings. The lowest BCUT2D eigenvalue weighted by Crippen LogP contribution is -2.40. The first kappa shape index (κ1) is 16.3. The van der Waals surface area contributed by atoms with Gasteiger partial charge in [-0.2, -0.15) is 0 Å². The van der Waals surface area contributed by atoms with Crippen LogP contribution < -0.4 is 0 Å². The van der Waals surface area contributed by atoms with Gasteiger partial charge in [0.25, 0.3) is 0 Å². The second-order valence-electron chi connectivity index (χ2n) is 6.73. The van der Waals surface area contributed by atoms with Crippen molar-refractivity contribution in [2.24, 2.45) is 0 Å². The number of rotatable bonds is 1. The van der Waals surface area contributed by atoms with Crippen molar-refractivity contribution < 1.29 is 4.79 Å². The van der Waals surface area contributed by atoms with Crippen molar-refractivity contribution in [3.05, 3.63) is 34.5 Å². The van der Waals surface area contributed by atoms with Crippen molar-refractivity contribution in [1.29, 1.82) is 0 Å². The SMILES string of the molecule is CC(=O)N1CCSC(n2c3c(c4cc(Cl)ccc42)CN(C)CC3)C1. The zero-order chi connectivity index (χ0) is 16.8. The molecule has 0 radical (unpaired) electrons. The summed E-state index contributed by atoms with van der Waals surface area (Å²) in [7, 11) is 2.17. The van der Waals surface area contributed by atoms with Gasteiger partial charge in [-0.3, -0.25) is 4.79 Å². The highest BCUT2D eigenvalue weighted by Crippen LogP contribution is 2.39. The lowest BCUT2D eigenvalue weighted by Gasteiger charge is -2.35. The van der Waals surface area contributed by atoms with Crippen LogP contribution in [0.5, 0.6) is 0 Å². The van der Waals surface area contributed by atoms with E-state index in [1.54, 1.807) is 6.92 Å². The van der Waals surface area contributed by atoms with E-state index in [-0.39, 0.29) is 5.91 Å². The molecule has 1 atom stereocenters. The summed E-state index contributed by atoms with van der Waals surface area (Å²) >= 11 is 8.23. The molecule has 1 aromatic carbocycles. The Balaban J connectivity index is 1.84. The molecule has 24 heavy (non-hydrogen) atoms. The summed E-state index contributed by atoms with van der Waals surface area (Å²) in [5.74, 6) is 1.17. The molecule has 1 saturated heterocycles. The van der Waals surface area contributed by atoms with Gasteiger partial charge in [-0.05, 0) is 30.8 Å². The van der Waals surface area contributed by atoms with Crippen molar-refractivity contribution in [3.63, 3.8) is 0 Å². The summed E-state index contributed by atoms with van der Waals surface area (Å²) in [4.78, 5) is 16.2. The van der Waals surface area contributed by atoms with E-state index in [1.165, 1.54) is 22.2 Å². The number of benzene rings is 1. The number of amides is 1. The molecule has 0 N–H and O–H groups in total. The lowest BCUT2D eigenvalue weighted by atomic mass is 10.1. The quantitative estimate of drug-likeness (QED) is 0.777. The van der Waals surface area contributed by atoms with Crippen molar-refractivity contribution in [2.45, 2.75) is 25.3 Å². The molecule has 6 heteroatoms. The van der Waals surface area contributed by atoms with Crippen LogP contribution in [0.1, 0.15) is 23.6 Å². The Morgan fingerprint density at radius 3 is 2.96 bits per heavy atom. The molecule has 128 valence electrons. The van der Waals surface area contributed by atoms with Gasteiger partial charge in [0.05, 0.1) is 11.9 Å². The summed E-state index contributed by atoms with van der Waals surface area (Å²) < 4.78 is 2.48. The molecule has 0 spiro atoms. The number of hydrogen-bond donors (Lipinski definition) is 0. The second kappa shape index (κ2) is 6.28. The summed E-state index contributed by atoms with van der Waals surface area (Å²) in [6, 6.07) is 6.22. The Labute approximate surface area is 151 Å². The maximum Gasteiger partial charge on any atom is 0.219 e. The van der Waals surface area contributed by atoms with Crippen LogP contribution in [0.3, 0.4) is 0 Å². The highest BCUT2D eigenvalue weighted by atomic mass is 35.5. The van der Waals surface area contributed by atoms with E-state index in [2.05, 4.69) is 28.6 Å². The second-order valence-corrected chi connectivity index (χ2v) is 8.46. The third-order valence-corrected chi connectivity index (χ3v) is 6.52. The molecule has 3 heterocycles. The molecular formula is C18H22ClN3OS. The molecule has 0 saturated carbocycles. The van der Waals surface area contributed by atoms with Crippen molar-refractivity contribution >= 4 is 40.2 Å². The number of nitrogens with zero attached hydrogens (tertiary/aromatic N) is 3. The van der Waals surface area contributed by atoms with E-state index in [9.17, 15) is 4.79 Å². The number of carbonyl (C=O) groups is 1. The standard InChI is InChI=1S/C18H22ClN3OS/c1-12(23)21-7-8-24-18(11-21)22-16-4-3-13(19)9-14(16)15-10-20(2)6-5-17(15)22/h3-4,9,18H,5-8,10-11H2,1-2H3. The van der Waals surface area contributed by atoms with Gasteiger partial charge in [0, 0.05) is 60.4 Å². The fraction of sp³-hybridized carbons (Fsp3) is 0.500. The van der Waals surface area contributed by atoms with Crippen LogP contribution in [0, 0.1) is 0 Å². The Hall–Kier alpha value is -1.17. The average molecular weight is 364 g/mol. The van der Waals surface area contributed by atoms with Gasteiger partial charge in [-0.15, -0.1) is 11.8 Å². The number of fused-ring (bicyclic) bond motifs is 3. The molecular weight excluding hydrogens is 342 g/mol. The van der Waals surface area contributed by atoms with Crippen LogP contribution in [0.15, 0.2) is 18.2 Å². The fourth-order valence-corrected chi connectivity index (χ4v) is 5.35. The third kappa shape index (κ3) is 2.72. The number of halogens is 1. The van der Waals surface area contributed by atoms with E-state index in [0.717, 1.165) is 43.4 Å². The van der Waals surface area contributed by atoms with Gasteiger partial charge < -0.3 is 14.4 Å². The first-order chi connectivity index (χ1) is 11.5. The minimum absolute atomic E-state index is 0.174. The maximum atomic E-state index is 11.8. The normalized spacial score (nSPS) is 22.0. The van der Waals surface area contributed by atoms with Crippen LogP contribution in [0.25, 0.3) is 10.9 Å². The van der Waals surface area contributed by atoms with Gasteiger partial charge >= 0.3 is 0 Å². The minimum atomic E-state index is 0.174. The maximum absolute atomic E-state index is 11.8. The van der Waals surface area contributed by atoms with Gasteiger partial charge in [0.2, 0.25) is 5.91 Å². The zero-order valence-electron chi connectivity index (χ0n) is 14.1.